The third-order valence-corrected chi connectivity index (χ3v) is 2.91. The van der Waals surface area contributed by atoms with E-state index in [1.165, 1.54) is 18.5 Å². The number of ether oxygens (including phenoxy) is 1. The van der Waals surface area contributed by atoms with Gasteiger partial charge in [-0.1, -0.05) is 26.0 Å². The van der Waals surface area contributed by atoms with Gasteiger partial charge in [0.1, 0.15) is 5.75 Å². The van der Waals surface area contributed by atoms with Gasteiger partial charge >= 0.3 is 0 Å². The van der Waals surface area contributed by atoms with Crippen molar-refractivity contribution in [3.8, 4) is 5.75 Å². The zero-order valence-corrected chi connectivity index (χ0v) is 11.7. The van der Waals surface area contributed by atoms with Gasteiger partial charge in [-0.15, -0.1) is 12.4 Å². The van der Waals surface area contributed by atoms with Crippen LogP contribution in [0.25, 0.3) is 0 Å². The summed E-state index contributed by atoms with van der Waals surface area (Å²) < 4.78 is 5.86. The lowest BCUT2D eigenvalue weighted by Gasteiger charge is -2.22. The summed E-state index contributed by atoms with van der Waals surface area (Å²) in [6, 6.07) is 9.06. The van der Waals surface area contributed by atoms with Crippen molar-refractivity contribution in [2.45, 2.75) is 32.7 Å². The predicted molar refractivity (Wildman–Crippen MR) is 75.4 cm³/mol. The lowest BCUT2D eigenvalue weighted by molar-refractivity contribution is 0.271. The molecule has 1 aromatic rings. The molecule has 0 radical (unpaired) electrons. The molecule has 0 bridgehead atoms. The van der Waals surface area contributed by atoms with E-state index in [1.54, 1.807) is 0 Å². The Balaban J connectivity index is 0.00000144. The third kappa shape index (κ3) is 3.81. The fourth-order valence-electron chi connectivity index (χ4n) is 1.79. The van der Waals surface area contributed by atoms with Gasteiger partial charge in [0.2, 0.25) is 0 Å². The lowest BCUT2D eigenvalue weighted by atomic mass is 10.2. The van der Waals surface area contributed by atoms with Crippen LogP contribution in [0.1, 0.15) is 26.7 Å². The number of rotatable bonds is 5. The highest BCUT2D eigenvalue weighted by Gasteiger charge is 2.27. The Morgan fingerprint density at radius 2 is 1.94 bits per heavy atom. The van der Waals surface area contributed by atoms with Gasteiger partial charge in [-0.2, -0.15) is 0 Å². The smallest absolute Gasteiger partial charge is 0.142 e. The maximum atomic E-state index is 5.86. The van der Waals surface area contributed by atoms with Crippen molar-refractivity contribution in [3.63, 3.8) is 0 Å². The number of anilines is 1. The molecule has 0 N–H and O–H groups in total. The summed E-state index contributed by atoms with van der Waals surface area (Å²) in [6.45, 7) is 5.13. The molecular formula is C14H22ClNO. The van der Waals surface area contributed by atoms with E-state index in [1.807, 2.05) is 6.07 Å². The van der Waals surface area contributed by atoms with Crippen LogP contribution in [-0.2, 0) is 0 Å². The summed E-state index contributed by atoms with van der Waals surface area (Å²) in [5.74, 6) is 1.59. The maximum absolute atomic E-state index is 5.86. The van der Waals surface area contributed by atoms with Gasteiger partial charge in [0.25, 0.3) is 0 Å². The van der Waals surface area contributed by atoms with Crippen LogP contribution in [0.2, 0.25) is 0 Å². The molecule has 1 saturated carbocycles. The molecule has 0 atom stereocenters. The molecule has 2 rings (SSSR count). The summed E-state index contributed by atoms with van der Waals surface area (Å²) >= 11 is 0. The van der Waals surface area contributed by atoms with E-state index in [0.29, 0.717) is 5.92 Å². The van der Waals surface area contributed by atoms with Crippen LogP contribution < -0.4 is 9.64 Å². The van der Waals surface area contributed by atoms with Crippen molar-refractivity contribution in [1.82, 2.24) is 0 Å². The van der Waals surface area contributed by atoms with Crippen LogP contribution in [0.15, 0.2) is 24.3 Å². The Kier molecular flexibility index (Phi) is 5.13. The summed E-state index contributed by atoms with van der Waals surface area (Å²) in [7, 11) is 2.16. The number of nitrogens with zero attached hydrogens (tertiary/aromatic N) is 1. The average molecular weight is 256 g/mol. The molecule has 1 aliphatic rings. The number of hydrogen-bond acceptors (Lipinski definition) is 2. The quantitative estimate of drug-likeness (QED) is 0.795. The molecule has 0 amide bonds. The zero-order chi connectivity index (χ0) is 11.5. The lowest BCUT2D eigenvalue weighted by Crippen LogP contribution is -2.20. The molecule has 0 aliphatic heterocycles. The normalized spacial score (nSPS) is 14.4. The van der Waals surface area contributed by atoms with Crippen molar-refractivity contribution in [2.75, 3.05) is 18.6 Å². The van der Waals surface area contributed by atoms with Crippen LogP contribution in [-0.4, -0.2) is 19.7 Å². The summed E-state index contributed by atoms with van der Waals surface area (Å²) in [5, 5.41) is 0. The Bertz CT molecular complexity index is 350. The highest BCUT2D eigenvalue weighted by Crippen LogP contribution is 2.35. The number of para-hydroxylation sites is 2. The van der Waals surface area contributed by atoms with Crippen molar-refractivity contribution >= 4 is 18.1 Å². The molecular weight excluding hydrogens is 234 g/mol. The van der Waals surface area contributed by atoms with Crippen molar-refractivity contribution < 1.29 is 4.74 Å². The van der Waals surface area contributed by atoms with Crippen molar-refractivity contribution in [2.24, 2.45) is 5.92 Å². The molecule has 1 aromatic carbocycles. The molecule has 2 nitrogen and oxygen atoms in total. The summed E-state index contributed by atoms with van der Waals surface area (Å²) in [5.41, 5.74) is 1.23. The molecule has 17 heavy (non-hydrogen) atoms. The van der Waals surface area contributed by atoms with Gasteiger partial charge in [0, 0.05) is 13.1 Å². The molecule has 1 fully saturated rings. The van der Waals surface area contributed by atoms with E-state index < -0.39 is 0 Å². The van der Waals surface area contributed by atoms with Crippen LogP contribution in [0.5, 0.6) is 5.75 Å². The largest absolute Gasteiger partial charge is 0.491 e. The number of hydrogen-bond donors (Lipinski definition) is 0. The first-order valence-electron chi connectivity index (χ1n) is 6.13. The second-order valence-electron chi connectivity index (χ2n) is 5.01. The van der Waals surface area contributed by atoms with Crippen molar-refractivity contribution in [1.29, 1.82) is 0 Å². The topological polar surface area (TPSA) is 12.5 Å². The van der Waals surface area contributed by atoms with Gasteiger partial charge in [-0.25, -0.2) is 0 Å². The van der Waals surface area contributed by atoms with Crippen LogP contribution >= 0.6 is 12.4 Å². The molecule has 96 valence electrons. The first kappa shape index (κ1) is 14.2. The van der Waals surface area contributed by atoms with Gasteiger partial charge in [0.15, 0.2) is 0 Å². The Labute approximate surface area is 110 Å². The number of benzene rings is 1. The van der Waals surface area contributed by atoms with Crippen LogP contribution in [0.3, 0.4) is 0 Å². The predicted octanol–water partition coefficient (Wildman–Crippen LogP) is 3.74. The average Bonchev–Trinajstić information content (AvgIpc) is 3.09. The fourth-order valence-corrected chi connectivity index (χ4v) is 1.79. The van der Waals surface area contributed by atoms with Crippen LogP contribution in [0, 0.1) is 5.92 Å². The molecule has 1 aliphatic carbocycles. The fraction of sp³-hybridized carbons (Fsp3) is 0.571. The van der Waals surface area contributed by atoms with E-state index >= 15 is 0 Å². The Morgan fingerprint density at radius 3 is 2.53 bits per heavy atom. The Hall–Kier alpha value is -0.890. The highest BCUT2D eigenvalue weighted by molar-refractivity contribution is 5.85. The van der Waals surface area contributed by atoms with Crippen molar-refractivity contribution in [3.05, 3.63) is 24.3 Å². The Morgan fingerprint density at radius 1 is 1.29 bits per heavy atom. The molecule has 0 heterocycles. The van der Waals surface area contributed by atoms with Gasteiger partial charge in [-0.3, -0.25) is 0 Å². The van der Waals surface area contributed by atoms with E-state index in [0.717, 1.165) is 18.4 Å². The van der Waals surface area contributed by atoms with E-state index in [4.69, 9.17) is 4.74 Å². The summed E-state index contributed by atoms with van der Waals surface area (Å²) in [4.78, 5) is 2.34. The van der Waals surface area contributed by atoms with Gasteiger partial charge < -0.3 is 9.64 Å². The zero-order valence-electron chi connectivity index (χ0n) is 10.8. The number of halogens is 1. The molecule has 0 unspecified atom stereocenters. The molecule has 0 saturated heterocycles. The first-order valence-corrected chi connectivity index (χ1v) is 6.13. The minimum atomic E-state index is 0. The molecule has 0 spiro atoms. The minimum absolute atomic E-state index is 0. The van der Waals surface area contributed by atoms with Gasteiger partial charge in [0.05, 0.1) is 12.3 Å². The SMILES string of the molecule is CC(C)COc1ccccc1N(C)C1CC1.Cl. The molecule has 3 heteroatoms. The van der Waals surface area contributed by atoms with E-state index in [-0.39, 0.29) is 12.4 Å². The monoisotopic (exact) mass is 255 g/mol. The molecule has 0 aromatic heterocycles. The van der Waals surface area contributed by atoms with E-state index in [2.05, 4.69) is 44.0 Å². The summed E-state index contributed by atoms with van der Waals surface area (Å²) in [6.07, 6.45) is 2.63. The first-order chi connectivity index (χ1) is 7.68. The minimum Gasteiger partial charge on any atom is -0.491 e. The second-order valence-corrected chi connectivity index (χ2v) is 5.01. The van der Waals surface area contributed by atoms with Crippen LogP contribution in [0.4, 0.5) is 5.69 Å². The highest BCUT2D eigenvalue weighted by atomic mass is 35.5. The van der Waals surface area contributed by atoms with E-state index in [9.17, 15) is 0 Å². The maximum Gasteiger partial charge on any atom is 0.142 e. The standard InChI is InChI=1S/C14H21NO.ClH/c1-11(2)10-16-14-7-5-4-6-13(14)15(3)12-8-9-12;/h4-7,11-12H,8-10H2,1-3H3;1H. The third-order valence-electron chi connectivity index (χ3n) is 2.91. The second kappa shape index (κ2) is 6.15. The van der Waals surface area contributed by atoms with Gasteiger partial charge in [-0.05, 0) is 30.9 Å².